The molecule has 0 aliphatic carbocycles. The number of alkyl halides is 3. The van der Waals surface area contributed by atoms with Gasteiger partial charge in [-0.05, 0) is 24.3 Å². The van der Waals surface area contributed by atoms with Gasteiger partial charge in [0.05, 0.1) is 6.54 Å². The monoisotopic (exact) mass is 300 g/mol. The largest absolute Gasteiger partial charge is 0.573 e. The van der Waals surface area contributed by atoms with E-state index in [1.807, 2.05) is 0 Å². The summed E-state index contributed by atoms with van der Waals surface area (Å²) in [6.07, 6.45) is -3.30. The van der Waals surface area contributed by atoms with Crippen molar-refractivity contribution in [3.8, 4) is 5.75 Å². The second kappa shape index (κ2) is 6.16. The topological polar surface area (TPSA) is 85.7 Å². The maximum absolute atomic E-state index is 12.0. The Hall–Kier alpha value is -2.71. The number of guanidine groups is 1. The van der Waals surface area contributed by atoms with Gasteiger partial charge >= 0.3 is 6.36 Å². The number of benzene rings is 1. The Labute approximate surface area is 117 Å². The van der Waals surface area contributed by atoms with Gasteiger partial charge in [-0.2, -0.15) is 0 Å². The van der Waals surface area contributed by atoms with Crippen molar-refractivity contribution in [1.82, 2.24) is 5.16 Å². The molecule has 21 heavy (non-hydrogen) atoms. The van der Waals surface area contributed by atoms with E-state index in [4.69, 9.17) is 5.73 Å². The highest BCUT2D eigenvalue weighted by molar-refractivity contribution is 5.92. The molecule has 1 heterocycles. The van der Waals surface area contributed by atoms with E-state index in [-0.39, 0.29) is 18.3 Å². The molecule has 3 N–H and O–H groups in total. The van der Waals surface area contributed by atoms with Gasteiger partial charge in [0.25, 0.3) is 0 Å². The number of nitrogens with zero attached hydrogens (tertiary/aromatic N) is 2. The number of nitrogens with one attached hydrogen (secondary N) is 1. The van der Waals surface area contributed by atoms with Crippen LogP contribution in [0.25, 0.3) is 0 Å². The maximum Gasteiger partial charge on any atom is 0.573 e. The van der Waals surface area contributed by atoms with Gasteiger partial charge in [0.1, 0.15) is 17.7 Å². The Kier molecular flexibility index (Phi) is 4.31. The van der Waals surface area contributed by atoms with Crippen molar-refractivity contribution in [1.29, 1.82) is 0 Å². The lowest BCUT2D eigenvalue weighted by Crippen LogP contribution is -2.22. The Balaban J connectivity index is 1.92. The summed E-state index contributed by atoms with van der Waals surface area (Å²) in [7, 11) is 0. The van der Waals surface area contributed by atoms with E-state index in [0.717, 1.165) is 0 Å². The van der Waals surface area contributed by atoms with E-state index in [1.165, 1.54) is 30.5 Å². The van der Waals surface area contributed by atoms with Crippen LogP contribution >= 0.6 is 0 Å². The first-order valence-electron chi connectivity index (χ1n) is 5.74. The first-order valence-corrected chi connectivity index (χ1v) is 5.74. The van der Waals surface area contributed by atoms with Crippen LogP contribution in [0.15, 0.2) is 46.1 Å². The summed E-state index contributed by atoms with van der Waals surface area (Å²) >= 11 is 0. The van der Waals surface area contributed by atoms with Gasteiger partial charge in [0.2, 0.25) is 0 Å². The van der Waals surface area contributed by atoms with Crippen molar-refractivity contribution in [2.45, 2.75) is 12.9 Å². The quantitative estimate of drug-likeness (QED) is 0.669. The van der Waals surface area contributed by atoms with Crippen LogP contribution in [0.4, 0.5) is 18.9 Å². The third-order valence-electron chi connectivity index (χ3n) is 2.26. The highest BCUT2D eigenvalue weighted by atomic mass is 19.4. The number of rotatable bonds is 4. The number of hydrogen-bond donors (Lipinski definition) is 2. The molecular weight excluding hydrogens is 289 g/mol. The Morgan fingerprint density at radius 3 is 2.57 bits per heavy atom. The normalized spacial score (nSPS) is 12.2. The molecule has 1 aromatic carbocycles. The predicted molar refractivity (Wildman–Crippen MR) is 68.6 cm³/mol. The molecule has 0 spiro atoms. The summed E-state index contributed by atoms with van der Waals surface area (Å²) in [5.74, 6) is -0.214. The zero-order valence-electron chi connectivity index (χ0n) is 10.6. The molecule has 0 amide bonds. The molecule has 0 aliphatic rings. The molecule has 9 heteroatoms. The zero-order chi connectivity index (χ0) is 15.3. The number of aliphatic imine (C=N–C) groups is 1. The molecule has 0 fully saturated rings. The number of aromatic nitrogens is 1. The number of nitrogens with two attached hydrogens (primary N) is 1. The van der Waals surface area contributed by atoms with Crippen molar-refractivity contribution < 1.29 is 22.4 Å². The van der Waals surface area contributed by atoms with E-state index in [2.05, 4.69) is 24.7 Å². The minimum atomic E-state index is -4.72. The van der Waals surface area contributed by atoms with Crippen molar-refractivity contribution in [3.63, 3.8) is 0 Å². The molecule has 0 saturated carbocycles. The lowest BCUT2D eigenvalue weighted by molar-refractivity contribution is -0.274. The minimum absolute atomic E-state index is 0.0995. The Bertz CT molecular complexity index is 594. The smallest absolute Gasteiger partial charge is 0.406 e. The fourth-order valence-electron chi connectivity index (χ4n) is 1.41. The summed E-state index contributed by atoms with van der Waals surface area (Å²) in [6, 6.07) is 6.75. The first-order chi connectivity index (χ1) is 9.92. The molecular formula is C12H11F3N4O2. The van der Waals surface area contributed by atoms with Crippen molar-refractivity contribution >= 4 is 11.6 Å². The molecule has 2 rings (SSSR count). The first kappa shape index (κ1) is 14.7. The molecule has 6 nitrogen and oxygen atoms in total. The lowest BCUT2D eigenvalue weighted by Gasteiger charge is -2.10. The molecule has 112 valence electrons. The summed E-state index contributed by atoms with van der Waals surface area (Å²) in [4.78, 5) is 3.99. The van der Waals surface area contributed by atoms with Crippen LogP contribution in [0.1, 0.15) is 5.69 Å². The van der Waals surface area contributed by atoms with Crippen LogP contribution in [-0.2, 0) is 6.54 Å². The van der Waals surface area contributed by atoms with E-state index in [9.17, 15) is 13.2 Å². The van der Waals surface area contributed by atoms with E-state index in [0.29, 0.717) is 11.4 Å². The second-order valence-electron chi connectivity index (χ2n) is 3.89. The average molecular weight is 300 g/mol. The summed E-state index contributed by atoms with van der Waals surface area (Å²) < 4.78 is 44.4. The highest BCUT2D eigenvalue weighted by Crippen LogP contribution is 2.23. The molecule has 0 saturated heterocycles. The van der Waals surface area contributed by atoms with Gasteiger partial charge in [0.15, 0.2) is 5.96 Å². The molecule has 0 unspecified atom stereocenters. The summed E-state index contributed by atoms with van der Waals surface area (Å²) in [5.41, 5.74) is 6.71. The van der Waals surface area contributed by atoms with E-state index >= 15 is 0 Å². The number of hydrogen-bond acceptors (Lipinski definition) is 4. The average Bonchev–Trinajstić information content (AvgIpc) is 2.90. The number of ether oxygens (including phenoxy) is 1. The van der Waals surface area contributed by atoms with Crippen molar-refractivity contribution in [2.24, 2.45) is 10.7 Å². The van der Waals surface area contributed by atoms with Crippen LogP contribution in [0.3, 0.4) is 0 Å². The van der Waals surface area contributed by atoms with Gasteiger partial charge in [-0.3, -0.25) is 0 Å². The van der Waals surface area contributed by atoms with Crippen LogP contribution < -0.4 is 15.8 Å². The van der Waals surface area contributed by atoms with E-state index < -0.39 is 6.36 Å². The van der Waals surface area contributed by atoms with Crippen LogP contribution in [0.2, 0.25) is 0 Å². The fourth-order valence-corrected chi connectivity index (χ4v) is 1.41. The molecule has 2 aromatic rings. The van der Waals surface area contributed by atoms with Crippen LogP contribution in [0.5, 0.6) is 5.75 Å². The Morgan fingerprint density at radius 2 is 2.00 bits per heavy atom. The highest BCUT2D eigenvalue weighted by Gasteiger charge is 2.30. The van der Waals surface area contributed by atoms with Crippen LogP contribution in [0, 0.1) is 0 Å². The Morgan fingerprint density at radius 1 is 1.29 bits per heavy atom. The SMILES string of the molecule is NC(=NCc1ccon1)Nc1ccc(OC(F)(F)F)cc1. The van der Waals surface area contributed by atoms with Gasteiger partial charge in [0, 0.05) is 11.8 Å². The van der Waals surface area contributed by atoms with E-state index in [1.54, 1.807) is 6.07 Å². The molecule has 0 atom stereocenters. The van der Waals surface area contributed by atoms with Gasteiger partial charge in [-0.25, -0.2) is 4.99 Å². The minimum Gasteiger partial charge on any atom is -0.406 e. The molecule has 0 radical (unpaired) electrons. The predicted octanol–water partition coefficient (Wildman–Crippen LogP) is 2.50. The van der Waals surface area contributed by atoms with Gasteiger partial charge in [-0.1, -0.05) is 5.16 Å². The third-order valence-corrected chi connectivity index (χ3v) is 2.26. The van der Waals surface area contributed by atoms with Crippen LogP contribution in [-0.4, -0.2) is 17.5 Å². The third kappa shape index (κ3) is 5.05. The maximum atomic E-state index is 12.0. The number of anilines is 1. The van der Waals surface area contributed by atoms with Crippen molar-refractivity contribution in [2.75, 3.05) is 5.32 Å². The second-order valence-corrected chi connectivity index (χ2v) is 3.89. The fraction of sp³-hybridized carbons (Fsp3) is 0.167. The summed E-state index contributed by atoms with van der Waals surface area (Å²) in [6.45, 7) is 0.227. The van der Waals surface area contributed by atoms with Gasteiger partial charge < -0.3 is 20.3 Å². The summed E-state index contributed by atoms with van der Waals surface area (Å²) in [5, 5.41) is 6.38. The zero-order valence-corrected chi connectivity index (χ0v) is 10.6. The molecule has 1 aromatic heterocycles. The molecule has 0 aliphatic heterocycles. The van der Waals surface area contributed by atoms with Crippen molar-refractivity contribution in [3.05, 3.63) is 42.3 Å². The standard InChI is InChI=1S/C12H11F3N4O2/c13-12(14,15)21-10-3-1-8(2-4-10)18-11(16)17-7-9-5-6-20-19-9/h1-6H,7H2,(H3,16,17,18). The van der Waals surface area contributed by atoms with Gasteiger partial charge in [-0.15, -0.1) is 13.2 Å². The lowest BCUT2D eigenvalue weighted by atomic mass is 10.3. The number of halogens is 3. The molecule has 0 bridgehead atoms.